The lowest BCUT2D eigenvalue weighted by Gasteiger charge is -2.33. The molecule has 1 fully saturated rings. The second-order valence-electron chi connectivity index (χ2n) is 5.69. The number of hydrogen-bond acceptors (Lipinski definition) is 3. The number of aryl methyl sites for hydroxylation is 2. The van der Waals surface area contributed by atoms with Crippen LogP contribution in [0.1, 0.15) is 59.6 Å². The molecule has 1 N–H and O–H groups in total. The number of rotatable bonds is 5. The van der Waals surface area contributed by atoms with E-state index in [1.807, 2.05) is 19.9 Å². The van der Waals surface area contributed by atoms with Gasteiger partial charge in [0.05, 0.1) is 4.88 Å². The van der Waals surface area contributed by atoms with E-state index in [1.54, 1.807) is 4.90 Å². The zero-order valence-electron chi connectivity index (χ0n) is 12.9. The van der Waals surface area contributed by atoms with Gasteiger partial charge in [0.25, 0.3) is 5.91 Å². The van der Waals surface area contributed by atoms with Gasteiger partial charge in [-0.05, 0) is 44.2 Å². The Hall–Kier alpha value is -1.36. The minimum atomic E-state index is -1.01. The number of carboxylic acids is 1. The molecule has 2 rings (SSSR count). The third kappa shape index (κ3) is 2.71. The molecule has 1 saturated heterocycles. The average molecular weight is 309 g/mol. The number of nitrogens with zero attached hydrogens (tertiary/aromatic N) is 1. The standard InChI is InChI=1S/C16H23NO3S/c1-4-7-12-10-13(21-11(12)3)14(18)17-9-6-8-16(17,5-2)15(19)20/h10H,4-9H2,1-3H3,(H,19,20). The molecule has 116 valence electrons. The van der Waals surface area contributed by atoms with E-state index in [-0.39, 0.29) is 5.91 Å². The lowest BCUT2D eigenvalue weighted by atomic mass is 9.93. The molecule has 1 unspecified atom stereocenters. The third-order valence-corrected chi connectivity index (χ3v) is 5.55. The molecule has 1 aliphatic heterocycles. The highest BCUT2D eigenvalue weighted by molar-refractivity contribution is 7.14. The maximum absolute atomic E-state index is 12.8. The maximum atomic E-state index is 12.8. The molecule has 0 spiro atoms. The van der Waals surface area contributed by atoms with E-state index < -0.39 is 11.5 Å². The van der Waals surface area contributed by atoms with E-state index in [2.05, 4.69) is 6.92 Å². The van der Waals surface area contributed by atoms with Crippen molar-refractivity contribution in [1.82, 2.24) is 4.90 Å². The Morgan fingerprint density at radius 2 is 2.14 bits per heavy atom. The van der Waals surface area contributed by atoms with Gasteiger partial charge < -0.3 is 10.0 Å². The zero-order valence-corrected chi connectivity index (χ0v) is 13.8. The summed E-state index contributed by atoms with van der Waals surface area (Å²) in [6, 6.07) is 1.95. The number of likely N-dealkylation sites (tertiary alicyclic amines) is 1. The van der Waals surface area contributed by atoms with Crippen molar-refractivity contribution in [3.05, 3.63) is 21.4 Å². The highest BCUT2D eigenvalue weighted by Crippen LogP contribution is 2.35. The highest BCUT2D eigenvalue weighted by Gasteiger charge is 2.48. The van der Waals surface area contributed by atoms with E-state index in [1.165, 1.54) is 16.9 Å². The molecular formula is C16H23NO3S. The fraction of sp³-hybridized carbons (Fsp3) is 0.625. The van der Waals surface area contributed by atoms with E-state index in [4.69, 9.17) is 0 Å². The summed E-state index contributed by atoms with van der Waals surface area (Å²) in [4.78, 5) is 27.9. The van der Waals surface area contributed by atoms with Crippen LogP contribution >= 0.6 is 11.3 Å². The predicted octanol–water partition coefficient (Wildman–Crippen LogP) is 3.48. The van der Waals surface area contributed by atoms with Crippen LogP contribution < -0.4 is 0 Å². The van der Waals surface area contributed by atoms with E-state index in [0.717, 1.165) is 24.1 Å². The first kappa shape index (κ1) is 16.0. The van der Waals surface area contributed by atoms with Crippen molar-refractivity contribution in [2.45, 2.75) is 58.4 Å². The normalized spacial score (nSPS) is 21.8. The van der Waals surface area contributed by atoms with Gasteiger partial charge in [0.15, 0.2) is 0 Å². The smallest absolute Gasteiger partial charge is 0.329 e. The molecule has 1 aromatic heterocycles. The lowest BCUT2D eigenvalue weighted by Crippen LogP contribution is -2.52. The molecule has 0 aliphatic carbocycles. The number of carbonyl (C=O) groups is 2. The SMILES string of the molecule is CCCc1cc(C(=O)N2CCCC2(CC)C(=O)O)sc1C. The summed E-state index contributed by atoms with van der Waals surface area (Å²) in [7, 11) is 0. The fourth-order valence-corrected chi connectivity index (χ4v) is 4.21. The summed E-state index contributed by atoms with van der Waals surface area (Å²) in [5.74, 6) is -0.995. The van der Waals surface area contributed by atoms with Crippen molar-refractivity contribution in [3.63, 3.8) is 0 Å². The molecule has 0 radical (unpaired) electrons. The Balaban J connectivity index is 2.30. The van der Waals surface area contributed by atoms with Crippen molar-refractivity contribution in [2.24, 2.45) is 0 Å². The second-order valence-corrected chi connectivity index (χ2v) is 6.95. The Morgan fingerprint density at radius 3 is 2.71 bits per heavy atom. The first-order chi connectivity index (χ1) is 9.96. The molecule has 0 aromatic carbocycles. The Morgan fingerprint density at radius 1 is 1.43 bits per heavy atom. The molecule has 21 heavy (non-hydrogen) atoms. The van der Waals surface area contributed by atoms with E-state index in [0.29, 0.717) is 24.3 Å². The van der Waals surface area contributed by atoms with Gasteiger partial charge in [-0.1, -0.05) is 20.3 Å². The number of aliphatic carboxylic acids is 1. The first-order valence-electron chi connectivity index (χ1n) is 7.61. The summed E-state index contributed by atoms with van der Waals surface area (Å²) < 4.78 is 0. The number of hydrogen-bond donors (Lipinski definition) is 1. The zero-order chi connectivity index (χ0) is 15.6. The third-order valence-electron chi connectivity index (χ3n) is 4.47. The van der Waals surface area contributed by atoms with Crippen LogP contribution in [0.15, 0.2) is 6.07 Å². The second kappa shape index (κ2) is 6.18. The van der Waals surface area contributed by atoms with Crippen molar-refractivity contribution < 1.29 is 14.7 Å². The molecule has 1 aromatic rings. The van der Waals surface area contributed by atoms with Crippen LogP contribution in [0.25, 0.3) is 0 Å². The number of thiophene rings is 1. The largest absolute Gasteiger partial charge is 0.479 e. The maximum Gasteiger partial charge on any atom is 0.329 e. The van der Waals surface area contributed by atoms with Crippen LogP contribution in [0.5, 0.6) is 0 Å². The molecule has 1 aliphatic rings. The monoisotopic (exact) mass is 309 g/mol. The fourth-order valence-electron chi connectivity index (χ4n) is 3.19. The minimum Gasteiger partial charge on any atom is -0.479 e. The highest BCUT2D eigenvalue weighted by atomic mass is 32.1. The van der Waals surface area contributed by atoms with Gasteiger partial charge in [-0.15, -0.1) is 11.3 Å². The van der Waals surface area contributed by atoms with Crippen molar-refractivity contribution in [1.29, 1.82) is 0 Å². The Labute approximate surface area is 129 Å². The van der Waals surface area contributed by atoms with Crippen LogP contribution in [-0.2, 0) is 11.2 Å². The molecule has 1 amide bonds. The lowest BCUT2D eigenvalue weighted by molar-refractivity contribution is -0.148. The molecular weight excluding hydrogens is 286 g/mol. The van der Waals surface area contributed by atoms with Crippen LogP contribution in [-0.4, -0.2) is 34.0 Å². The van der Waals surface area contributed by atoms with Crippen LogP contribution in [0, 0.1) is 6.92 Å². The molecule has 4 nitrogen and oxygen atoms in total. The average Bonchev–Trinajstić information content (AvgIpc) is 3.03. The van der Waals surface area contributed by atoms with Gasteiger partial charge in [-0.25, -0.2) is 4.79 Å². The molecule has 0 saturated carbocycles. The van der Waals surface area contributed by atoms with Crippen molar-refractivity contribution in [3.8, 4) is 0 Å². The Bertz CT molecular complexity index is 552. The van der Waals surface area contributed by atoms with Crippen LogP contribution in [0.3, 0.4) is 0 Å². The molecule has 2 heterocycles. The van der Waals surface area contributed by atoms with Gasteiger partial charge in [-0.3, -0.25) is 4.79 Å². The predicted molar refractivity (Wildman–Crippen MR) is 84.0 cm³/mol. The van der Waals surface area contributed by atoms with Gasteiger partial charge in [0, 0.05) is 11.4 Å². The molecule has 5 heteroatoms. The molecule has 0 bridgehead atoms. The summed E-state index contributed by atoms with van der Waals surface area (Å²) >= 11 is 1.49. The van der Waals surface area contributed by atoms with Gasteiger partial charge in [0.2, 0.25) is 0 Å². The quantitative estimate of drug-likeness (QED) is 0.906. The van der Waals surface area contributed by atoms with E-state index in [9.17, 15) is 14.7 Å². The van der Waals surface area contributed by atoms with Gasteiger partial charge in [-0.2, -0.15) is 0 Å². The summed E-state index contributed by atoms with van der Waals surface area (Å²) in [5, 5.41) is 9.58. The minimum absolute atomic E-state index is 0.118. The van der Waals surface area contributed by atoms with Crippen molar-refractivity contribution >= 4 is 23.2 Å². The number of amides is 1. The van der Waals surface area contributed by atoms with Crippen molar-refractivity contribution in [2.75, 3.05) is 6.54 Å². The first-order valence-corrected chi connectivity index (χ1v) is 8.42. The Kier molecular flexibility index (Phi) is 4.71. The number of carbonyl (C=O) groups excluding carboxylic acids is 1. The van der Waals surface area contributed by atoms with E-state index >= 15 is 0 Å². The summed E-state index contributed by atoms with van der Waals surface area (Å²) in [6.45, 7) is 6.53. The summed E-state index contributed by atoms with van der Waals surface area (Å²) in [5.41, 5.74) is 0.197. The molecule has 1 atom stereocenters. The van der Waals surface area contributed by atoms with Crippen LogP contribution in [0.2, 0.25) is 0 Å². The number of carboxylic acid groups (broad SMARTS) is 1. The summed E-state index contributed by atoms with van der Waals surface area (Å²) in [6.07, 6.45) is 3.78. The van der Waals surface area contributed by atoms with Gasteiger partial charge >= 0.3 is 5.97 Å². The van der Waals surface area contributed by atoms with Crippen LogP contribution in [0.4, 0.5) is 0 Å². The van der Waals surface area contributed by atoms with Gasteiger partial charge in [0.1, 0.15) is 5.54 Å². The topological polar surface area (TPSA) is 57.6 Å².